The van der Waals surface area contributed by atoms with Crippen LogP contribution < -0.4 is 5.32 Å². The molecule has 1 aromatic rings. The molecule has 1 aliphatic rings. The van der Waals surface area contributed by atoms with Crippen LogP contribution in [0.15, 0.2) is 16.3 Å². The van der Waals surface area contributed by atoms with E-state index in [0.717, 1.165) is 29.1 Å². The first-order valence-corrected chi connectivity index (χ1v) is 8.52. The number of hydrogen-bond acceptors (Lipinski definition) is 5. The first-order chi connectivity index (χ1) is 8.47. The van der Waals surface area contributed by atoms with Crippen LogP contribution in [0.2, 0.25) is 0 Å². The van der Waals surface area contributed by atoms with Crippen molar-refractivity contribution in [3.05, 3.63) is 17.0 Å². The first-order valence-electron chi connectivity index (χ1n) is 5.39. The van der Waals surface area contributed by atoms with E-state index in [-0.39, 0.29) is 22.8 Å². The lowest BCUT2D eigenvalue weighted by molar-refractivity contribution is -0.130. The Morgan fingerprint density at radius 3 is 2.89 bits per heavy atom. The van der Waals surface area contributed by atoms with E-state index in [9.17, 15) is 13.2 Å². The van der Waals surface area contributed by atoms with Crippen LogP contribution in [0.4, 0.5) is 0 Å². The number of carbonyl (C=O) groups excluding carboxylic acids is 1. The monoisotopic (exact) mass is 309 g/mol. The number of nitrogens with one attached hydrogen (secondary N) is 1. The van der Waals surface area contributed by atoms with Gasteiger partial charge in [0.25, 0.3) is 9.05 Å². The minimum atomic E-state index is -3.68. The topological polar surface area (TPSA) is 72.5 Å². The molecular formula is C10H12ClNO4S2. The highest BCUT2D eigenvalue weighted by Crippen LogP contribution is 2.24. The lowest BCUT2D eigenvalue weighted by atomic mass is 10.2. The van der Waals surface area contributed by atoms with E-state index >= 15 is 0 Å². The Morgan fingerprint density at radius 1 is 1.56 bits per heavy atom. The minimum Gasteiger partial charge on any atom is -0.368 e. The summed E-state index contributed by atoms with van der Waals surface area (Å²) in [5, 5.41) is 2.71. The highest BCUT2D eigenvalue weighted by Gasteiger charge is 2.23. The number of carbonyl (C=O) groups is 1. The predicted octanol–water partition coefficient (Wildman–Crippen LogP) is 1.47. The van der Waals surface area contributed by atoms with Crippen molar-refractivity contribution in [1.82, 2.24) is 5.32 Å². The molecule has 0 spiro atoms. The molecule has 1 aliphatic heterocycles. The highest BCUT2D eigenvalue weighted by molar-refractivity contribution is 8.15. The fraction of sp³-hybridized carbons (Fsp3) is 0.500. The summed E-state index contributed by atoms with van der Waals surface area (Å²) in [5.74, 6) is -0.156. The van der Waals surface area contributed by atoms with Gasteiger partial charge in [0.15, 0.2) is 0 Å². The Bertz CT molecular complexity index is 534. The van der Waals surface area contributed by atoms with Gasteiger partial charge in [0.1, 0.15) is 10.3 Å². The predicted molar refractivity (Wildman–Crippen MR) is 68.2 cm³/mol. The van der Waals surface area contributed by atoms with E-state index in [0.29, 0.717) is 6.61 Å². The Kier molecular flexibility index (Phi) is 4.26. The van der Waals surface area contributed by atoms with E-state index in [1.807, 2.05) is 0 Å². The second-order valence-corrected chi connectivity index (χ2v) is 7.84. The van der Waals surface area contributed by atoms with Crippen molar-refractivity contribution in [2.24, 2.45) is 0 Å². The zero-order valence-corrected chi connectivity index (χ0v) is 11.8. The van der Waals surface area contributed by atoms with Gasteiger partial charge >= 0.3 is 0 Å². The molecule has 1 fully saturated rings. The molecule has 1 N–H and O–H groups in total. The van der Waals surface area contributed by atoms with Crippen LogP contribution in [0.3, 0.4) is 0 Å². The second kappa shape index (κ2) is 5.56. The summed E-state index contributed by atoms with van der Waals surface area (Å²) in [4.78, 5) is 12.4. The summed E-state index contributed by atoms with van der Waals surface area (Å²) >= 11 is 1.05. The maximum Gasteiger partial charge on any atom is 0.270 e. The van der Waals surface area contributed by atoms with Crippen LogP contribution in [0.25, 0.3) is 0 Å². The van der Waals surface area contributed by atoms with Crippen molar-refractivity contribution < 1.29 is 17.9 Å². The molecule has 1 amide bonds. The van der Waals surface area contributed by atoms with E-state index in [2.05, 4.69) is 5.32 Å². The van der Waals surface area contributed by atoms with Crippen LogP contribution in [0.5, 0.6) is 0 Å². The van der Waals surface area contributed by atoms with Gasteiger partial charge < -0.3 is 10.1 Å². The van der Waals surface area contributed by atoms with E-state index < -0.39 is 9.05 Å². The van der Waals surface area contributed by atoms with Crippen molar-refractivity contribution >= 4 is 37.0 Å². The molecule has 18 heavy (non-hydrogen) atoms. The van der Waals surface area contributed by atoms with Gasteiger partial charge in [0.05, 0.1) is 6.54 Å². The smallest absolute Gasteiger partial charge is 0.270 e. The van der Waals surface area contributed by atoms with Gasteiger partial charge in [-0.15, -0.1) is 11.3 Å². The van der Waals surface area contributed by atoms with Gasteiger partial charge in [-0.3, -0.25) is 4.79 Å². The highest BCUT2D eigenvalue weighted by atomic mass is 35.7. The molecule has 100 valence electrons. The SMILES string of the molecule is O=C(NCc1ccc(S(=O)(=O)Cl)s1)C1CCCO1. The number of halogens is 1. The summed E-state index contributed by atoms with van der Waals surface area (Å²) in [6, 6.07) is 3.07. The summed E-state index contributed by atoms with van der Waals surface area (Å²) in [5.41, 5.74) is 0. The molecule has 0 aliphatic carbocycles. The lowest BCUT2D eigenvalue weighted by Crippen LogP contribution is -2.33. The molecule has 0 radical (unpaired) electrons. The minimum absolute atomic E-state index is 0.0885. The summed E-state index contributed by atoms with van der Waals surface area (Å²) in [7, 11) is 1.53. The normalized spacial score (nSPS) is 19.9. The molecule has 8 heteroatoms. The van der Waals surface area contributed by atoms with Gasteiger partial charge in [-0.05, 0) is 25.0 Å². The maximum absolute atomic E-state index is 11.6. The summed E-state index contributed by atoms with van der Waals surface area (Å²) < 4.78 is 27.4. The van der Waals surface area contributed by atoms with E-state index in [4.69, 9.17) is 15.4 Å². The fourth-order valence-electron chi connectivity index (χ4n) is 1.66. The van der Waals surface area contributed by atoms with Gasteiger partial charge in [0.2, 0.25) is 5.91 Å². The lowest BCUT2D eigenvalue weighted by Gasteiger charge is -2.09. The molecule has 0 bridgehead atoms. The van der Waals surface area contributed by atoms with Crippen molar-refractivity contribution in [2.45, 2.75) is 29.7 Å². The van der Waals surface area contributed by atoms with E-state index in [1.54, 1.807) is 6.07 Å². The van der Waals surface area contributed by atoms with Gasteiger partial charge in [-0.2, -0.15) is 0 Å². The molecule has 0 aromatic carbocycles. The summed E-state index contributed by atoms with van der Waals surface area (Å²) in [6.07, 6.45) is 1.25. The number of rotatable bonds is 4. The molecule has 5 nitrogen and oxygen atoms in total. The first kappa shape index (κ1) is 13.8. The third-order valence-electron chi connectivity index (χ3n) is 2.54. The average molecular weight is 310 g/mol. The Balaban J connectivity index is 1.90. The average Bonchev–Trinajstić information content (AvgIpc) is 2.96. The second-order valence-electron chi connectivity index (χ2n) is 3.88. The Labute approximate surface area is 114 Å². The van der Waals surface area contributed by atoms with Gasteiger partial charge in [-0.1, -0.05) is 0 Å². The molecule has 2 rings (SSSR count). The third-order valence-corrected chi connectivity index (χ3v) is 5.71. The summed E-state index contributed by atoms with van der Waals surface area (Å²) in [6.45, 7) is 0.904. The van der Waals surface area contributed by atoms with Crippen LogP contribution >= 0.6 is 22.0 Å². The van der Waals surface area contributed by atoms with Crippen LogP contribution in [-0.2, 0) is 25.1 Å². The molecule has 2 heterocycles. The quantitative estimate of drug-likeness (QED) is 0.855. The van der Waals surface area contributed by atoms with Gasteiger partial charge in [0, 0.05) is 22.2 Å². The number of ether oxygens (including phenoxy) is 1. The molecule has 1 atom stereocenters. The third kappa shape index (κ3) is 3.44. The molecule has 0 saturated carbocycles. The van der Waals surface area contributed by atoms with Gasteiger partial charge in [-0.25, -0.2) is 8.42 Å². The Morgan fingerprint density at radius 2 is 2.33 bits per heavy atom. The molecule has 1 unspecified atom stereocenters. The zero-order valence-electron chi connectivity index (χ0n) is 9.39. The molecule has 1 aromatic heterocycles. The van der Waals surface area contributed by atoms with Crippen LogP contribution in [0.1, 0.15) is 17.7 Å². The zero-order chi connectivity index (χ0) is 13.2. The van der Waals surface area contributed by atoms with Crippen molar-refractivity contribution in [3.8, 4) is 0 Å². The largest absolute Gasteiger partial charge is 0.368 e. The van der Waals surface area contributed by atoms with Crippen molar-refractivity contribution in [1.29, 1.82) is 0 Å². The molecule has 1 saturated heterocycles. The van der Waals surface area contributed by atoms with Crippen LogP contribution in [0, 0.1) is 0 Å². The fourth-order valence-corrected chi connectivity index (χ4v) is 3.72. The van der Waals surface area contributed by atoms with Crippen molar-refractivity contribution in [3.63, 3.8) is 0 Å². The maximum atomic E-state index is 11.6. The molecular weight excluding hydrogens is 298 g/mol. The Hall–Kier alpha value is -0.630. The standard InChI is InChI=1S/C10H12ClNO4S2/c11-18(14,15)9-4-3-7(17-9)6-12-10(13)8-2-1-5-16-8/h3-4,8H,1-2,5-6H2,(H,12,13). The number of hydrogen-bond donors (Lipinski definition) is 1. The van der Waals surface area contributed by atoms with E-state index in [1.165, 1.54) is 6.07 Å². The number of amides is 1. The number of thiophene rings is 1. The van der Waals surface area contributed by atoms with Crippen molar-refractivity contribution in [2.75, 3.05) is 6.61 Å². The van der Waals surface area contributed by atoms with Crippen LogP contribution in [-0.4, -0.2) is 27.0 Å².